The zero-order valence-corrected chi connectivity index (χ0v) is 12.4. The number of halogens is 1. The van der Waals surface area contributed by atoms with E-state index in [9.17, 15) is 0 Å². The Labute approximate surface area is 125 Å². The standard InChI is InChI=1S/C12H15ClN4O2S/c13-12-15-8-7-9(14-1-4-18)20-10(8)11(16-12)17-2-5-19-6-3-17/h7,14,18H,1-6H2. The second kappa shape index (κ2) is 6.09. The Bertz CT molecular complexity index is 600. The number of rotatable bonds is 4. The van der Waals surface area contributed by atoms with Crippen molar-refractivity contribution in [3.8, 4) is 0 Å². The Morgan fingerprint density at radius 2 is 2.20 bits per heavy atom. The lowest BCUT2D eigenvalue weighted by Crippen LogP contribution is -2.36. The summed E-state index contributed by atoms with van der Waals surface area (Å²) in [5, 5.41) is 13.2. The summed E-state index contributed by atoms with van der Waals surface area (Å²) < 4.78 is 6.38. The number of fused-ring (bicyclic) bond motifs is 1. The lowest BCUT2D eigenvalue weighted by Gasteiger charge is -2.28. The average Bonchev–Trinajstić information content (AvgIpc) is 2.87. The molecule has 0 aliphatic carbocycles. The molecule has 0 spiro atoms. The minimum Gasteiger partial charge on any atom is -0.395 e. The molecule has 0 saturated carbocycles. The first-order chi connectivity index (χ1) is 9.78. The summed E-state index contributed by atoms with van der Waals surface area (Å²) in [7, 11) is 0. The van der Waals surface area contributed by atoms with Gasteiger partial charge in [-0.1, -0.05) is 0 Å². The van der Waals surface area contributed by atoms with Gasteiger partial charge >= 0.3 is 0 Å². The Balaban J connectivity index is 1.98. The van der Waals surface area contributed by atoms with E-state index < -0.39 is 0 Å². The first-order valence-electron chi connectivity index (χ1n) is 6.42. The summed E-state index contributed by atoms with van der Waals surface area (Å²) in [5.74, 6) is 0.866. The molecular weight excluding hydrogens is 300 g/mol. The van der Waals surface area contributed by atoms with E-state index in [-0.39, 0.29) is 11.9 Å². The van der Waals surface area contributed by atoms with E-state index in [0.717, 1.165) is 34.1 Å². The van der Waals surface area contributed by atoms with Gasteiger partial charge in [0.05, 0.1) is 35.0 Å². The summed E-state index contributed by atoms with van der Waals surface area (Å²) in [6.45, 7) is 3.62. The molecule has 0 bridgehead atoms. The van der Waals surface area contributed by atoms with Crippen LogP contribution in [0, 0.1) is 0 Å². The first-order valence-corrected chi connectivity index (χ1v) is 7.62. The van der Waals surface area contributed by atoms with Crippen molar-refractivity contribution in [1.82, 2.24) is 9.97 Å². The first kappa shape index (κ1) is 13.8. The lowest BCUT2D eigenvalue weighted by molar-refractivity contribution is 0.122. The van der Waals surface area contributed by atoms with Crippen LogP contribution in [-0.2, 0) is 4.74 Å². The summed E-state index contributed by atoms with van der Waals surface area (Å²) in [6.07, 6.45) is 0. The van der Waals surface area contributed by atoms with Crippen molar-refractivity contribution in [2.24, 2.45) is 0 Å². The highest BCUT2D eigenvalue weighted by atomic mass is 35.5. The Hall–Kier alpha value is -1.15. The van der Waals surface area contributed by atoms with E-state index in [1.807, 2.05) is 6.07 Å². The number of anilines is 2. The van der Waals surface area contributed by atoms with Crippen LogP contribution in [0.15, 0.2) is 6.07 Å². The van der Waals surface area contributed by atoms with Crippen molar-refractivity contribution in [1.29, 1.82) is 0 Å². The molecule has 2 N–H and O–H groups in total. The second-order valence-corrected chi connectivity index (χ2v) is 5.78. The monoisotopic (exact) mass is 314 g/mol. The molecule has 2 aromatic rings. The van der Waals surface area contributed by atoms with Gasteiger partial charge in [-0.25, -0.2) is 4.98 Å². The molecule has 1 aliphatic rings. The van der Waals surface area contributed by atoms with Crippen LogP contribution in [0.2, 0.25) is 5.28 Å². The minimum absolute atomic E-state index is 0.0942. The molecule has 0 amide bonds. The molecule has 3 rings (SSSR count). The topological polar surface area (TPSA) is 70.5 Å². The molecule has 1 saturated heterocycles. The van der Waals surface area contributed by atoms with Gasteiger partial charge in [-0.15, -0.1) is 11.3 Å². The van der Waals surface area contributed by atoms with E-state index in [2.05, 4.69) is 20.2 Å². The Kier molecular flexibility index (Phi) is 4.21. The number of ether oxygens (including phenoxy) is 1. The minimum atomic E-state index is 0.0942. The molecule has 108 valence electrons. The largest absolute Gasteiger partial charge is 0.395 e. The van der Waals surface area contributed by atoms with Crippen LogP contribution in [0.5, 0.6) is 0 Å². The van der Waals surface area contributed by atoms with Gasteiger partial charge in [-0.3, -0.25) is 0 Å². The van der Waals surface area contributed by atoms with Crippen molar-refractivity contribution < 1.29 is 9.84 Å². The maximum Gasteiger partial charge on any atom is 0.224 e. The molecule has 0 radical (unpaired) electrons. The summed E-state index contributed by atoms with van der Waals surface area (Å²) >= 11 is 7.60. The molecule has 2 aromatic heterocycles. The molecule has 0 aromatic carbocycles. The third-order valence-corrected chi connectivity index (χ3v) is 4.30. The van der Waals surface area contributed by atoms with Gasteiger partial charge in [0, 0.05) is 19.6 Å². The number of morpholine rings is 1. The van der Waals surface area contributed by atoms with Gasteiger partial charge in [0.25, 0.3) is 0 Å². The predicted octanol–water partition coefficient (Wildman–Crippen LogP) is 1.59. The SMILES string of the molecule is OCCNc1cc2nc(Cl)nc(N3CCOCC3)c2s1. The van der Waals surface area contributed by atoms with Crippen LogP contribution in [0.4, 0.5) is 10.8 Å². The molecule has 0 atom stereocenters. The summed E-state index contributed by atoms with van der Waals surface area (Å²) in [6, 6.07) is 1.94. The molecule has 20 heavy (non-hydrogen) atoms. The van der Waals surface area contributed by atoms with Crippen molar-refractivity contribution in [2.45, 2.75) is 0 Å². The maximum atomic E-state index is 8.88. The van der Waals surface area contributed by atoms with Crippen molar-refractivity contribution >= 4 is 44.0 Å². The third-order valence-electron chi connectivity index (χ3n) is 3.05. The number of thiophene rings is 1. The molecule has 1 aliphatic heterocycles. The molecular formula is C12H15ClN4O2S. The van der Waals surface area contributed by atoms with Gasteiger partial charge in [0.2, 0.25) is 5.28 Å². The van der Waals surface area contributed by atoms with Crippen LogP contribution in [0.3, 0.4) is 0 Å². The van der Waals surface area contributed by atoms with Crippen LogP contribution in [0.25, 0.3) is 10.2 Å². The molecule has 1 fully saturated rings. The number of hydrogen-bond donors (Lipinski definition) is 2. The maximum absolute atomic E-state index is 8.88. The predicted molar refractivity (Wildman–Crippen MR) is 81.0 cm³/mol. The Morgan fingerprint density at radius 1 is 1.40 bits per heavy atom. The zero-order valence-electron chi connectivity index (χ0n) is 10.8. The normalized spacial score (nSPS) is 15.8. The highest BCUT2D eigenvalue weighted by molar-refractivity contribution is 7.23. The highest BCUT2D eigenvalue weighted by Crippen LogP contribution is 2.35. The molecule has 0 unspecified atom stereocenters. The Morgan fingerprint density at radius 3 is 2.95 bits per heavy atom. The highest BCUT2D eigenvalue weighted by Gasteiger charge is 2.19. The fourth-order valence-corrected chi connectivity index (χ4v) is 3.35. The second-order valence-electron chi connectivity index (χ2n) is 4.39. The van der Waals surface area contributed by atoms with E-state index in [1.165, 1.54) is 0 Å². The lowest BCUT2D eigenvalue weighted by atomic mass is 10.3. The smallest absolute Gasteiger partial charge is 0.224 e. The van der Waals surface area contributed by atoms with Gasteiger partial charge < -0.3 is 20.1 Å². The van der Waals surface area contributed by atoms with Crippen LogP contribution in [0.1, 0.15) is 0 Å². The number of aliphatic hydroxyl groups excluding tert-OH is 1. The zero-order chi connectivity index (χ0) is 13.9. The van der Waals surface area contributed by atoms with Gasteiger partial charge in [0.1, 0.15) is 0 Å². The number of hydrogen-bond acceptors (Lipinski definition) is 7. The average molecular weight is 315 g/mol. The fraction of sp³-hybridized carbons (Fsp3) is 0.500. The van der Waals surface area contributed by atoms with Crippen LogP contribution >= 0.6 is 22.9 Å². The van der Waals surface area contributed by atoms with Crippen LogP contribution < -0.4 is 10.2 Å². The van der Waals surface area contributed by atoms with Gasteiger partial charge in [-0.2, -0.15) is 4.98 Å². The molecule has 8 heteroatoms. The van der Waals surface area contributed by atoms with Crippen LogP contribution in [-0.4, -0.2) is 54.5 Å². The molecule has 6 nitrogen and oxygen atoms in total. The van der Waals surface area contributed by atoms with Gasteiger partial charge in [-0.05, 0) is 17.7 Å². The number of aliphatic hydroxyl groups is 1. The van der Waals surface area contributed by atoms with E-state index in [0.29, 0.717) is 19.8 Å². The van der Waals surface area contributed by atoms with E-state index >= 15 is 0 Å². The fourth-order valence-electron chi connectivity index (χ4n) is 2.14. The van der Waals surface area contributed by atoms with Crippen molar-refractivity contribution in [3.05, 3.63) is 11.3 Å². The van der Waals surface area contributed by atoms with E-state index in [1.54, 1.807) is 11.3 Å². The van der Waals surface area contributed by atoms with Crippen molar-refractivity contribution in [3.63, 3.8) is 0 Å². The number of nitrogens with one attached hydrogen (secondary N) is 1. The summed E-state index contributed by atoms with van der Waals surface area (Å²) in [5.41, 5.74) is 0.830. The van der Waals surface area contributed by atoms with E-state index in [4.69, 9.17) is 21.4 Å². The quantitative estimate of drug-likeness (QED) is 0.835. The third kappa shape index (κ3) is 2.80. The number of aromatic nitrogens is 2. The summed E-state index contributed by atoms with van der Waals surface area (Å²) in [4.78, 5) is 10.8. The van der Waals surface area contributed by atoms with Crippen molar-refractivity contribution in [2.75, 3.05) is 49.7 Å². The number of nitrogens with zero attached hydrogens (tertiary/aromatic N) is 3. The molecule has 3 heterocycles. The van der Waals surface area contributed by atoms with Gasteiger partial charge in [0.15, 0.2) is 5.82 Å².